The lowest BCUT2D eigenvalue weighted by molar-refractivity contribution is -0.148. The molecular formula is C30H32N2O3. The lowest BCUT2D eigenvalue weighted by atomic mass is 9.57. The molecule has 4 saturated carbocycles. The summed E-state index contributed by atoms with van der Waals surface area (Å²) in [5.74, 6) is 0.620. The molecule has 0 bridgehead atoms. The molecule has 5 aliphatic rings. The van der Waals surface area contributed by atoms with Gasteiger partial charge in [0.05, 0.1) is 12.0 Å². The van der Waals surface area contributed by atoms with E-state index in [1.54, 1.807) is 6.08 Å². The Morgan fingerprint density at radius 3 is 2.69 bits per heavy atom. The van der Waals surface area contributed by atoms with Crippen molar-refractivity contribution < 1.29 is 14.3 Å². The Morgan fingerprint density at radius 2 is 1.94 bits per heavy atom. The molecule has 4 aliphatic carbocycles. The van der Waals surface area contributed by atoms with E-state index in [-0.39, 0.29) is 41.3 Å². The van der Waals surface area contributed by atoms with Crippen molar-refractivity contribution in [1.82, 2.24) is 5.32 Å². The van der Waals surface area contributed by atoms with Crippen molar-refractivity contribution in [3.8, 4) is 0 Å². The van der Waals surface area contributed by atoms with Gasteiger partial charge in [0, 0.05) is 22.7 Å². The van der Waals surface area contributed by atoms with Crippen LogP contribution in [0.3, 0.4) is 0 Å². The maximum atomic E-state index is 13.1. The van der Waals surface area contributed by atoms with Gasteiger partial charge in [0.15, 0.2) is 0 Å². The predicted molar refractivity (Wildman–Crippen MR) is 134 cm³/mol. The Bertz CT molecular complexity index is 1220. The van der Waals surface area contributed by atoms with Crippen LogP contribution in [0.15, 0.2) is 61.2 Å². The maximum Gasteiger partial charge on any atom is 0.310 e. The smallest absolute Gasteiger partial charge is 0.310 e. The normalized spacial score (nSPS) is 35.5. The van der Waals surface area contributed by atoms with Crippen LogP contribution in [-0.4, -0.2) is 24.5 Å². The second-order valence-corrected chi connectivity index (χ2v) is 11.2. The number of nitrogens with one attached hydrogen (secondary N) is 2. The van der Waals surface area contributed by atoms with Crippen LogP contribution >= 0.6 is 0 Å². The third kappa shape index (κ3) is 2.70. The molecule has 5 nitrogen and oxygen atoms in total. The predicted octanol–water partition coefficient (Wildman–Crippen LogP) is 5.15. The Morgan fingerprint density at radius 1 is 1.11 bits per heavy atom. The largest absolute Gasteiger partial charge is 0.461 e. The van der Waals surface area contributed by atoms with Crippen LogP contribution in [0.25, 0.3) is 0 Å². The van der Waals surface area contributed by atoms with Crippen molar-refractivity contribution in [2.24, 2.45) is 23.2 Å². The van der Waals surface area contributed by atoms with Crippen LogP contribution in [0, 0.1) is 23.2 Å². The van der Waals surface area contributed by atoms with Gasteiger partial charge >= 0.3 is 5.97 Å². The quantitative estimate of drug-likeness (QED) is 0.455. The van der Waals surface area contributed by atoms with Gasteiger partial charge in [-0.25, -0.2) is 0 Å². The van der Waals surface area contributed by atoms with Gasteiger partial charge in [-0.05, 0) is 78.7 Å². The molecule has 5 heteroatoms. The van der Waals surface area contributed by atoms with Gasteiger partial charge < -0.3 is 15.4 Å². The number of carbonyl (C=O) groups excluding carboxylic acids is 2. The van der Waals surface area contributed by atoms with E-state index in [0.717, 1.165) is 43.4 Å². The van der Waals surface area contributed by atoms with E-state index in [1.165, 1.54) is 17.5 Å². The number of esters is 1. The summed E-state index contributed by atoms with van der Waals surface area (Å²) < 4.78 is 5.52. The summed E-state index contributed by atoms with van der Waals surface area (Å²) in [5.41, 5.74) is 4.30. The van der Waals surface area contributed by atoms with Gasteiger partial charge in [-0.15, -0.1) is 0 Å². The van der Waals surface area contributed by atoms with E-state index in [4.69, 9.17) is 4.74 Å². The van der Waals surface area contributed by atoms with Crippen LogP contribution in [0.5, 0.6) is 0 Å². The van der Waals surface area contributed by atoms with E-state index in [1.807, 2.05) is 6.07 Å². The Balaban J connectivity index is 1.29. The highest BCUT2D eigenvalue weighted by Gasteiger charge is 2.99. The standard InChI is InChI=1S/C30H32N2O3/c1-2-16-35-28(34)24-26-29(24)15-7-12-21-25(18-8-4-3-5-9-18)32-23-14-13-19(17-22(23)30(21,26)29)27(33)31-20-10-6-11-20/h2-5,8-9,13-14,17,20-21,24-26,32H,1,6-7,10-12,15-16H2,(H,31,33)/t21?,24-,25?,26?,29-,30?/m0/s1. The zero-order valence-electron chi connectivity index (χ0n) is 20.0. The average molecular weight is 469 g/mol. The number of rotatable bonds is 6. The molecule has 0 saturated heterocycles. The van der Waals surface area contributed by atoms with Crippen LogP contribution in [-0.2, 0) is 14.9 Å². The first-order valence-corrected chi connectivity index (χ1v) is 13.2. The molecule has 1 amide bonds. The molecule has 4 unspecified atom stereocenters. The molecular weight excluding hydrogens is 436 g/mol. The second kappa shape index (κ2) is 7.46. The third-order valence-electron chi connectivity index (χ3n) is 9.84. The number of anilines is 1. The van der Waals surface area contributed by atoms with E-state index in [0.29, 0.717) is 17.9 Å². The number of ether oxygens (including phenoxy) is 1. The van der Waals surface area contributed by atoms with Gasteiger partial charge in [-0.2, -0.15) is 0 Å². The van der Waals surface area contributed by atoms with Crippen molar-refractivity contribution in [3.05, 3.63) is 77.9 Å². The molecule has 2 aromatic carbocycles. The minimum Gasteiger partial charge on any atom is -0.461 e. The van der Waals surface area contributed by atoms with E-state index in [2.05, 4.69) is 59.7 Å². The molecule has 2 N–H and O–H groups in total. The molecule has 1 aliphatic heterocycles. The zero-order chi connectivity index (χ0) is 23.8. The Kier molecular flexibility index (Phi) is 4.52. The van der Waals surface area contributed by atoms with Crippen LogP contribution in [0.1, 0.15) is 66.1 Å². The summed E-state index contributed by atoms with van der Waals surface area (Å²) in [7, 11) is 0. The molecule has 7 rings (SSSR count). The highest BCUT2D eigenvalue weighted by Crippen LogP contribution is 2.98. The zero-order valence-corrected chi connectivity index (χ0v) is 20.0. The van der Waals surface area contributed by atoms with Gasteiger partial charge in [-0.3, -0.25) is 9.59 Å². The van der Waals surface area contributed by atoms with Crippen molar-refractivity contribution in [2.45, 2.75) is 56.0 Å². The van der Waals surface area contributed by atoms with Crippen molar-refractivity contribution in [3.63, 3.8) is 0 Å². The fourth-order valence-electron chi connectivity index (χ4n) is 8.26. The fraction of sp³-hybridized carbons (Fsp3) is 0.467. The summed E-state index contributed by atoms with van der Waals surface area (Å²) >= 11 is 0. The molecule has 0 radical (unpaired) electrons. The first kappa shape index (κ1) is 21.2. The van der Waals surface area contributed by atoms with Crippen LogP contribution in [0.4, 0.5) is 5.69 Å². The molecule has 35 heavy (non-hydrogen) atoms. The molecule has 1 heterocycles. The second-order valence-electron chi connectivity index (χ2n) is 11.2. The van der Waals surface area contributed by atoms with E-state index in [9.17, 15) is 9.59 Å². The summed E-state index contributed by atoms with van der Waals surface area (Å²) in [6, 6.07) is 17.4. The molecule has 0 aromatic heterocycles. The maximum absolute atomic E-state index is 13.1. The highest BCUT2D eigenvalue weighted by atomic mass is 16.5. The van der Waals surface area contributed by atoms with Crippen molar-refractivity contribution >= 4 is 17.6 Å². The Hall–Kier alpha value is -3.08. The van der Waals surface area contributed by atoms with Gasteiger partial charge in [0.2, 0.25) is 0 Å². The lowest BCUT2D eigenvalue weighted by Gasteiger charge is -2.50. The summed E-state index contributed by atoms with van der Waals surface area (Å²) in [4.78, 5) is 26.0. The number of hydrogen-bond donors (Lipinski definition) is 2. The van der Waals surface area contributed by atoms with Crippen LogP contribution < -0.4 is 10.6 Å². The minimum absolute atomic E-state index is 0.0248. The van der Waals surface area contributed by atoms with E-state index >= 15 is 0 Å². The topological polar surface area (TPSA) is 67.4 Å². The monoisotopic (exact) mass is 468 g/mol. The van der Waals surface area contributed by atoms with Gasteiger partial charge in [0.1, 0.15) is 6.61 Å². The summed E-state index contributed by atoms with van der Waals surface area (Å²) in [6.45, 7) is 3.96. The number of fused-ring (bicyclic) bond motifs is 1. The fourth-order valence-corrected chi connectivity index (χ4v) is 8.26. The summed E-state index contributed by atoms with van der Waals surface area (Å²) in [6.07, 6.45) is 8.28. The lowest BCUT2D eigenvalue weighted by Crippen LogP contribution is -2.48. The minimum atomic E-state index is -0.0728. The third-order valence-corrected chi connectivity index (χ3v) is 9.84. The number of benzene rings is 2. The molecule has 2 spiro atoms. The van der Waals surface area contributed by atoms with Crippen LogP contribution in [0.2, 0.25) is 0 Å². The number of amides is 1. The number of carbonyl (C=O) groups is 2. The molecule has 4 fully saturated rings. The molecule has 180 valence electrons. The van der Waals surface area contributed by atoms with Crippen molar-refractivity contribution in [1.29, 1.82) is 0 Å². The van der Waals surface area contributed by atoms with Gasteiger partial charge in [0.25, 0.3) is 5.91 Å². The number of hydrogen-bond acceptors (Lipinski definition) is 4. The SMILES string of the molecule is C=CCOC(=O)[C@@H]1C2C34c5cc(C(=O)NC6CCC6)ccc5NC(c5ccccc5)C3CCC[C@@]214. The van der Waals surface area contributed by atoms with Crippen molar-refractivity contribution in [2.75, 3.05) is 11.9 Å². The first-order valence-electron chi connectivity index (χ1n) is 13.2. The first-order chi connectivity index (χ1) is 17.1. The van der Waals surface area contributed by atoms with Gasteiger partial charge in [-0.1, -0.05) is 49.4 Å². The molecule has 6 atom stereocenters. The molecule has 2 aromatic rings. The summed E-state index contributed by atoms with van der Waals surface area (Å²) in [5, 5.41) is 7.05. The average Bonchev–Trinajstić information content (AvgIpc) is 3.72. The van der Waals surface area contributed by atoms with E-state index < -0.39 is 0 Å². The highest BCUT2D eigenvalue weighted by molar-refractivity contribution is 5.96. The Labute approximate surface area is 206 Å².